The van der Waals surface area contributed by atoms with Crippen molar-refractivity contribution in [3.63, 3.8) is 0 Å². The third-order valence-corrected chi connectivity index (χ3v) is 4.30. The fraction of sp³-hybridized carbons (Fsp3) is 0.867. The summed E-state index contributed by atoms with van der Waals surface area (Å²) in [6.07, 6.45) is 2.23. The first-order valence-electron chi connectivity index (χ1n) is 7.91. The first kappa shape index (κ1) is 15.4. The van der Waals surface area contributed by atoms with Crippen LogP contribution in [0.4, 0.5) is 0 Å². The number of nitrogens with zero attached hydrogens (tertiary/aromatic N) is 3. The highest BCUT2D eigenvalue weighted by Crippen LogP contribution is 2.27. The van der Waals surface area contributed by atoms with Crippen LogP contribution in [0.5, 0.6) is 0 Å². The Balaban J connectivity index is 2.12. The second-order valence-corrected chi connectivity index (χ2v) is 6.11. The van der Waals surface area contributed by atoms with E-state index in [9.17, 15) is 0 Å². The molecule has 1 fully saturated rings. The van der Waals surface area contributed by atoms with Gasteiger partial charge >= 0.3 is 0 Å². The largest absolute Gasteiger partial charge is 0.339 e. The average molecular weight is 280 g/mol. The fourth-order valence-electron chi connectivity index (χ4n) is 2.59. The van der Waals surface area contributed by atoms with Crippen molar-refractivity contribution in [1.29, 1.82) is 0 Å². The van der Waals surface area contributed by atoms with Gasteiger partial charge in [-0.05, 0) is 12.3 Å². The molecule has 114 valence electrons. The van der Waals surface area contributed by atoms with Crippen LogP contribution in [-0.2, 0) is 0 Å². The van der Waals surface area contributed by atoms with Crippen LogP contribution in [0.25, 0.3) is 0 Å². The van der Waals surface area contributed by atoms with Gasteiger partial charge in [0.15, 0.2) is 5.82 Å². The molecule has 0 bridgehead atoms. The topological polar surface area (TPSA) is 54.2 Å². The first-order valence-corrected chi connectivity index (χ1v) is 7.91. The molecule has 1 saturated heterocycles. The highest BCUT2D eigenvalue weighted by molar-refractivity contribution is 4.99. The lowest BCUT2D eigenvalue weighted by Gasteiger charge is -2.33. The monoisotopic (exact) mass is 280 g/mol. The molecule has 1 aliphatic heterocycles. The Morgan fingerprint density at radius 3 is 2.55 bits per heavy atom. The van der Waals surface area contributed by atoms with Gasteiger partial charge in [0, 0.05) is 32.1 Å². The van der Waals surface area contributed by atoms with Gasteiger partial charge in [-0.25, -0.2) is 0 Å². The highest BCUT2D eigenvalue weighted by Gasteiger charge is 2.27. The molecule has 20 heavy (non-hydrogen) atoms. The van der Waals surface area contributed by atoms with E-state index in [0.717, 1.165) is 50.7 Å². The molecule has 2 heterocycles. The maximum atomic E-state index is 5.50. The second kappa shape index (κ2) is 7.18. The summed E-state index contributed by atoms with van der Waals surface area (Å²) < 4.78 is 5.50. The van der Waals surface area contributed by atoms with Crippen LogP contribution in [0.1, 0.15) is 64.2 Å². The fourth-order valence-corrected chi connectivity index (χ4v) is 2.59. The molecule has 0 aliphatic carbocycles. The van der Waals surface area contributed by atoms with E-state index < -0.39 is 0 Å². The van der Waals surface area contributed by atoms with E-state index >= 15 is 0 Å². The van der Waals surface area contributed by atoms with E-state index in [-0.39, 0.29) is 0 Å². The van der Waals surface area contributed by atoms with Crippen LogP contribution in [0.2, 0.25) is 0 Å². The van der Waals surface area contributed by atoms with E-state index in [2.05, 4.69) is 48.1 Å². The zero-order valence-corrected chi connectivity index (χ0v) is 13.2. The van der Waals surface area contributed by atoms with Crippen LogP contribution in [0, 0.1) is 5.92 Å². The molecule has 0 radical (unpaired) electrons. The van der Waals surface area contributed by atoms with Gasteiger partial charge in [0.25, 0.3) is 0 Å². The minimum Gasteiger partial charge on any atom is -0.339 e. The van der Waals surface area contributed by atoms with Crippen molar-refractivity contribution in [1.82, 2.24) is 20.4 Å². The Labute approximate surface area is 122 Å². The van der Waals surface area contributed by atoms with Crippen LogP contribution in [0.15, 0.2) is 4.52 Å². The Bertz CT molecular complexity index is 398. The number of rotatable bonds is 6. The van der Waals surface area contributed by atoms with E-state index in [1.807, 2.05) is 0 Å². The Hall–Kier alpha value is -0.940. The van der Waals surface area contributed by atoms with Gasteiger partial charge in [-0.3, -0.25) is 4.90 Å². The zero-order chi connectivity index (χ0) is 14.5. The molecule has 2 unspecified atom stereocenters. The van der Waals surface area contributed by atoms with Gasteiger partial charge in [-0.2, -0.15) is 4.98 Å². The Morgan fingerprint density at radius 2 is 1.95 bits per heavy atom. The van der Waals surface area contributed by atoms with E-state index in [1.165, 1.54) is 0 Å². The summed E-state index contributed by atoms with van der Waals surface area (Å²) in [7, 11) is 0. The summed E-state index contributed by atoms with van der Waals surface area (Å²) in [6.45, 7) is 13.0. The van der Waals surface area contributed by atoms with Crippen molar-refractivity contribution in [2.24, 2.45) is 5.92 Å². The third kappa shape index (κ3) is 3.58. The summed E-state index contributed by atoms with van der Waals surface area (Å²) in [5.41, 5.74) is 0. The lowest BCUT2D eigenvalue weighted by molar-refractivity contribution is 0.155. The standard InChI is InChI=1S/C15H28N4O/c1-5-6-13(19-9-7-16-8-10-19)14-17-15(20-18-14)12(4)11(2)3/h11-13,16H,5-10H2,1-4H3. The summed E-state index contributed by atoms with van der Waals surface area (Å²) in [6, 6.07) is 0.305. The van der Waals surface area contributed by atoms with Crippen LogP contribution in [-0.4, -0.2) is 41.2 Å². The molecule has 0 aromatic carbocycles. The highest BCUT2D eigenvalue weighted by atomic mass is 16.5. The maximum absolute atomic E-state index is 5.50. The summed E-state index contributed by atoms with van der Waals surface area (Å²) >= 11 is 0. The molecule has 1 aliphatic rings. The van der Waals surface area contributed by atoms with Gasteiger partial charge < -0.3 is 9.84 Å². The third-order valence-electron chi connectivity index (χ3n) is 4.30. The number of aromatic nitrogens is 2. The molecule has 1 aromatic heterocycles. The van der Waals surface area contributed by atoms with Crippen molar-refractivity contribution in [2.45, 2.75) is 52.5 Å². The number of hydrogen-bond acceptors (Lipinski definition) is 5. The molecule has 1 N–H and O–H groups in total. The minimum atomic E-state index is 0.305. The molecular weight excluding hydrogens is 252 g/mol. The van der Waals surface area contributed by atoms with E-state index in [0.29, 0.717) is 17.9 Å². The molecule has 5 heteroatoms. The Morgan fingerprint density at radius 1 is 1.25 bits per heavy atom. The van der Waals surface area contributed by atoms with Crippen molar-refractivity contribution in [3.8, 4) is 0 Å². The van der Waals surface area contributed by atoms with Gasteiger partial charge in [0.05, 0.1) is 6.04 Å². The molecule has 5 nitrogen and oxygen atoms in total. The van der Waals surface area contributed by atoms with Crippen LogP contribution in [0.3, 0.4) is 0 Å². The molecule has 2 atom stereocenters. The lowest BCUT2D eigenvalue weighted by Crippen LogP contribution is -2.45. The van der Waals surface area contributed by atoms with Crippen LogP contribution < -0.4 is 5.32 Å². The van der Waals surface area contributed by atoms with Crippen molar-refractivity contribution < 1.29 is 4.52 Å². The van der Waals surface area contributed by atoms with Gasteiger partial charge in [-0.1, -0.05) is 39.3 Å². The van der Waals surface area contributed by atoms with Gasteiger partial charge in [0.1, 0.15) is 0 Å². The predicted molar refractivity (Wildman–Crippen MR) is 79.6 cm³/mol. The van der Waals surface area contributed by atoms with Gasteiger partial charge in [-0.15, -0.1) is 0 Å². The molecule has 1 aromatic rings. The zero-order valence-electron chi connectivity index (χ0n) is 13.2. The Kier molecular flexibility index (Phi) is 5.54. The van der Waals surface area contributed by atoms with E-state index in [4.69, 9.17) is 4.52 Å². The van der Waals surface area contributed by atoms with E-state index in [1.54, 1.807) is 0 Å². The van der Waals surface area contributed by atoms with Crippen molar-refractivity contribution >= 4 is 0 Å². The number of nitrogens with one attached hydrogen (secondary N) is 1. The number of hydrogen-bond donors (Lipinski definition) is 1. The SMILES string of the molecule is CCCC(c1noc(C(C)C(C)C)n1)N1CCNCC1. The lowest BCUT2D eigenvalue weighted by atomic mass is 9.98. The second-order valence-electron chi connectivity index (χ2n) is 6.11. The van der Waals surface area contributed by atoms with Crippen molar-refractivity contribution in [3.05, 3.63) is 11.7 Å². The van der Waals surface area contributed by atoms with Crippen LogP contribution >= 0.6 is 0 Å². The molecular formula is C15H28N4O. The summed E-state index contributed by atoms with van der Waals surface area (Å²) in [5.74, 6) is 2.50. The normalized spacial score (nSPS) is 20.2. The quantitative estimate of drug-likeness (QED) is 0.868. The predicted octanol–water partition coefficient (Wildman–Crippen LogP) is 2.58. The average Bonchev–Trinajstić information content (AvgIpc) is 2.94. The molecule has 0 saturated carbocycles. The molecule has 2 rings (SSSR count). The first-order chi connectivity index (χ1) is 9.63. The molecule has 0 amide bonds. The molecule has 0 spiro atoms. The minimum absolute atomic E-state index is 0.305. The maximum Gasteiger partial charge on any atom is 0.229 e. The summed E-state index contributed by atoms with van der Waals surface area (Å²) in [5, 5.41) is 7.66. The summed E-state index contributed by atoms with van der Waals surface area (Å²) in [4.78, 5) is 7.17. The number of piperazine rings is 1. The van der Waals surface area contributed by atoms with Crippen molar-refractivity contribution in [2.75, 3.05) is 26.2 Å². The van der Waals surface area contributed by atoms with Gasteiger partial charge in [0.2, 0.25) is 5.89 Å². The smallest absolute Gasteiger partial charge is 0.229 e.